The molecule has 0 atom stereocenters. The van der Waals surface area contributed by atoms with Crippen molar-refractivity contribution in [3.05, 3.63) is 35.8 Å². The summed E-state index contributed by atoms with van der Waals surface area (Å²) in [5, 5.41) is 46.6. The van der Waals surface area contributed by atoms with E-state index in [1.54, 1.807) is 0 Å². The predicted octanol–water partition coefficient (Wildman–Crippen LogP) is 1.02. The van der Waals surface area contributed by atoms with Crippen LogP contribution in [0.4, 0.5) is 0 Å². The largest absolute Gasteiger partial charge is 0.508 e. The SMILES string of the molecule is O=C1C(O)=CC(Oc2c(O)cc(O)cc2O)C=C1O. The Bertz CT molecular complexity index is 555. The number of aliphatic hydroxyl groups is 2. The minimum absolute atomic E-state index is 0.356. The second kappa shape index (κ2) is 4.45. The number of hydrogen-bond donors (Lipinski definition) is 5. The average Bonchev–Trinajstić information content (AvgIpc) is 2.30. The summed E-state index contributed by atoms with van der Waals surface area (Å²) >= 11 is 0. The molecule has 0 saturated carbocycles. The van der Waals surface area contributed by atoms with Gasteiger partial charge < -0.3 is 30.3 Å². The normalized spacial score (nSPS) is 15.9. The molecule has 19 heavy (non-hydrogen) atoms. The number of rotatable bonds is 2. The minimum Gasteiger partial charge on any atom is -0.508 e. The molecule has 0 amide bonds. The van der Waals surface area contributed by atoms with Gasteiger partial charge in [-0.2, -0.15) is 0 Å². The molecular formula is C12H10O7. The summed E-state index contributed by atoms with van der Waals surface area (Å²) < 4.78 is 5.12. The Morgan fingerprint density at radius 1 is 0.895 bits per heavy atom. The maximum absolute atomic E-state index is 11.1. The lowest BCUT2D eigenvalue weighted by molar-refractivity contribution is -0.117. The molecule has 0 unspecified atom stereocenters. The average molecular weight is 266 g/mol. The van der Waals surface area contributed by atoms with Crippen molar-refractivity contribution in [2.75, 3.05) is 0 Å². The number of hydrogen-bond acceptors (Lipinski definition) is 7. The zero-order chi connectivity index (χ0) is 14.2. The van der Waals surface area contributed by atoms with Crippen molar-refractivity contribution < 1.29 is 35.1 Å². The zero-order valence-electron chi connectivity index (χ0n) is 9.44. The van der Waals surface area contributed by atoms with E-state index in [1.807, 2.05) is 0 Å². The molecule has 0 saturated heterocycles. The fourth-order valence-corrected chi connectivity index (χ4v) is 1.55. The first kappa shape index (κ1) is 12.6. The van der Waals surface area contributed by atoms with Gasteiger partial charge in [0.05, 0.1) is 0 Å². The van der Waals surface area contributed by atoms with E-state index in [9.17, 15) is 25.2 Å². The Morgan fingerprint density at radius 2 is 1.37 bits per heavy atom. The van der Waals surface area contributed by atoms with Crippen molar-refractivity contribution in [1.29, 1.82) is 0 Å². The molecule has 1 aliphatic carbocycles. The molecule has 0 aliphatic heterocycles. The Labute approximate surface area is 106 Å². The molecule has 0 bridgehead atoms. The van der Waals surface area contributed by atoms with E-state index in [1.165, 1.54) is 0 Å². The van der Waals surface area contributed by atoms with Crippen molar-refractivity contribution in [2.45, 2.75) is 6.10 Å². The van der Waals surface area contributed by atoms with E-state index in [4.69, 9.17) is 9.84 Å². The Morgan fingerprint density at radius 3 is 1.84 bits per heavy atom. The van der Waals surface area contributed by atoms with Crippen molar-refractivity contribution in [1.82, 2.24) is 0 Å². The molecule has 0 aromatic heterocycles. The summed E-state index contributed by atoms with van der Waals surface area (Å²) in [6.07, 6.45) is 0.931. The number of phenols is 3. The van der Waals surface area contributed by atoms with Gasteiger partial charge in [0, 0.05) is 24.3 Å². The molecule has 0 radical (unpaired) electrons. The second-order valence-electron chi connectivity index (χ2n) is 3.83. The van der Waals surface area contributed by atoms with Gasteiger partial charge in [-0.1, -0.05) is 0 Å². The zero-order valence-corrected chi connectivity index (χ0v) is 9.44. The van der Waals surface area contributed by atoms with Crippen LogP contribution in [0.1, 0.15) is 0 Å². The van der Waals surface area contributed by atoms with E-state index in [-0.39, 0.29) is 11.5 Å². The van der Waals surface area contributed by atoms with Crippen LogP contribution < -0.4 is 4.74 Å². The van der Waals surface area contributed by atoms with Gasteiger partial charge in [0.1, 0.15) is 11.9 Å². The number of ether oxygens (including phenoxy) is 1. The van der Waals surface area contributed by atoms with E-state index >= 15 is 0 Å². The summed E-state index contributed by atoms with van der Waals surface area (Å²) in [4.78, 5) is 11.1. The van der Waals surface area contributed by atoms with Crippen LogP contribution in [0.25, 0.3) is 0 Å². The highest BCUT2D eigenvalue weighted by Crippen LogP contribution is 2.40. The molecular weight excluding hydrogens is 256 g/mol. The Balaban J connectivity index is 2.30. The number of carbonyl (C=O) groups is 1. The van der Waals surface area contributed by atoms with Crippen LogP contribution in [0.15, 0.2) is 35.8 Å². The number of aliphatic hydroxyl groups excluding tert-OH is 2. The van der Waals surface area contributed by atoms with Crippen LogP contribution >= 0.6 is 0 Å². The van der Waals surface area contributed by atoms with Gasteiger partial charge in [0.25, 0.3) is 5.78 Å². The fraction of sp³-hybridized carbons (Fsp3) is 0.0833. The highest BCUT2D eigenvalue weighted by Gasteiger charge is 2.24. The van der Waals surface area contributed by atoms with Crippen LogP contribution in [0.5, 0.6) is 23.0 Å². The first-order chi connectivity index (χ1) is 8.88. The molecule has 2 rings (SSSR count). The molecule has 1 aromatic carbocycles. The van der Waals surface area contributed by atoms with Crippen LogP contribution in [0.2, 0.25) is 0 Å². The van der Waals surface area contributed by atoms with Crippen LogP contribution in [-0.2, 0) is 4.79 Å². The quantitative estimate of drug-likeness (QED) is 0.540. The van der Waals surface area contributed by atoms with Crippen LogP contribution in [0, 0.1) is 0 Å². The van der Waals surface area contributed by atoms with Gasteiger partial charge in [-0.15, -0.1) is 0 Å². The smallest absolute Gasteiger partial charge is 0.261 e. The van der Waals surface area contributed by atoms with E-state index < -0.39 is 34.9 Å². The van der Waals surface area contributed by atoms with Crippen molar-refractivity contribution in [2.24, 2.45) is 0 Å². The van der Waals surface area contributed by atoms with Gasteiger partial charge in [-0.05, 0) is 0 Å². The third-order valence-electron chi connectivity index (χ3n) is 2.40. The first-order valence-corrected chi connectivity index (χ1v) is 5.16. The molecule has 7 nitrogen and oxygen atoms in total. The lowest BCUT2D eigenvalue weighted by Gasteiger charge is -2.18. The number of phenolic OH excluding ortho intramolecular Hbond substituents is 3. The standard InChI is InChI=1S/C12H10O7/c13-5-1-9(16)12(10(17)2-5)19-6-3-7(14)11(18)8(15)4-6/h1-4,6,13-17H. The van der Waals surface area contributed by atoms with Gasteiger partial charge >= 0.3 is 0 Å². The Kier molecular flexibility index (Phi) is 2.95. The number of benzene rings is 1. The van der Waals surface area contributed by atoms with E-state index in [2.05, 4.69) is 0 Å². The number of Topliss-reactive ketones (excluding diaryl/α,β-unsaturated/α-hetero) is 1. The van der Waals surface area contributed by atoms with Crippen LogP contribution in [0.3, 0.4) is 0 Å². The topological polar surface area (TPSA) is 127 Å². The summed E-state index contributed by atoms with van der Waals surface area (Å²) in [5.74, 6) is -4.14. The predicted molar refractivity (Wildman–Crippen MR) is 62.3 cm³/mol. The van der Waals surface area contributed by atoms with Gasteiger partial charge in [-0.25, -0.2) is 0 Å². The maximum atomic E-state index is 11.1. The third-order valence-corrected chi connectivity index (χ3v) is 2.40. The third kappa shape index (κ3) is 2.39. The fourth-order valence-electron chi connectivity index (χ4n) is 1.55. The molecule has 1 aliphatic rings. The molecule has 1 aromatic rings. The molecule has 0 fully saturated rings. The van der Waals surface area contributed by atoms with Gasteiger partial charge in [-0.3, -0.25) is 4.79 Å². The minimum atomic E-state index is -1.06. The molecule has 5 N–H and O–H groups in total. The Hall–Kier alpha value is -2.83. The van der Waals surface area contributed by atoms with Crippen molar-refractivity contribution in [3.63, 3.8) is 0 Å². The first-order valence-electron chi connectivity index (χ1n) is 5.16. The molecule has 0 heterocycles. The molecule has 0 spiro atoms. The monoisotopic (exact) mass is 266 g/mol. The number of carbonyl (C=O) groups excluding carboxylic acids is 1. The lowest BCUT2D eigenvalue weighted by Crippen LogP contribution is -2.21. The summed E-state index contributed by atoms with van der Waals surface area (Å²) in [6.45, 7) is 0. The summed E-state index contributed by atoms with van der Waals surface area (Å²) in [7, 11) is 0. The summed E-state index contributed by atoms with van der Waals surface area (Å²) in [6, 6.07) is 1.88. The highest BCUT2D eigenvalue weighted by atomic mass is 16.5. The summed E-state index contributed by atoms with van der Waals surface area (Å²) in [5.41, 5.74) is 0. The van der Waals surface area contributed by atoms with E-state index in [0.29, 0.717) is 0 Å². The highest BCUT2D eigenvalue weighted by molar-refractivity contribution is 6.05. The molecule has 7 heteroatoms. The lowest BCUT2D eigenvalue weighted by atomic mass is 10.1. The maximum Gasteiger partial charge on any atom is 0.261 e. The van der Waals surface area contributed by atoms with Gasteiger partial charge in [0.2, 0.25) is 5.75 Å². The van der Waals surface area contributed by atoms with Gasteiger partial charge in [0.15, 0.2) is 23.0 Å². The number of ketones is 1. The molecule has 100 valence electrons. The number of aromatic hydroxyl groups is 3. The van der Waals surface area contributed by atoms with Crippen LogP contribution in [-0.4, -0.2) is 37.4 Å². The van der Waals surface area contributed by atoms with Crippen molar-refractivity contribution >= 4 is 5.78 Å². The van der Waals surface area contributed by atoms with E-state index in [0.717, 1.165) is 24.3 Å². The van der Waals surface area contributed by atoms with Crippen molar-refractivity contribution in [3.8, 4) is 23.0 Å². The second-order valence-corrected chi connectivity index (χ2v) is 3.83.